The summed E-state index contributed by atoms with van der Waals surface area (Å²) in [5, 5.41) is 12.5. The van der Waals surface area contributed by atoms with Crippen molar-refractivity contribution in [1.82, 2.24) is 5.32 Å². The number of rotatable bonds is 7. The molecule has 1 unspecified atom stereocenters. The van der Waals surface area contributed by atoms with Crippen LogP contribution in [-0.2, 0) is 11.2 Å². The van der Waals surface area contributed by atoms with Crippen molar-refractivity contribution >= 4 is 23.5 Å². The van der Waals surface area contributed by atoms with Crippen molar-refractivity contribution in [2.75, 3.05) is 13.7 Å². The van der Waals surface area contributed by atoms with Crippen LogP contribution in [0.2, 0.25) is 5.02 Å². The lowest BCUT2D eigenvalue weighted by Gasteiger charge is -2.17. The second-order valence-electron chi connectivity index (χ2n) is 5.14. The third-order valence-electron chi connectivity index (χ3n) is 3.50. The third kappa shape index (κ3) is 4.15. The lowest BCUT2D eigenvalue weighted by Crippen LogP contribution is -2.31. The van der Waals surface area contributed by atoms with Crippen LogP contribution in [-0.4, -0.2) is 30.7 Å². The Morgan fingerprint density at radius 3 is 2.50 bits per heavy atom. The molecule has 2 aromatic rings. The average Bonchev–Trinajstić information content (AvgIpc) is 3.00. The first-order valence-electron chi connectivity index (χ1n) is 7.37. The summed E-state index contributed by atoms with van der Waals surface area (Å²) in [4.78, 5) is 23.6. The summed E-state index contributed by atoms with van der Waals surface area (Å²) < 4.78 is 10.5. The summed E-state index contributed by atoms with van der Waals surface area (Å²) in [5.74, 6) is -1.41. The van der Waals surface area contributed by atoms with Crippen molar-refractivity contribution in [3.8, 4) is 0 Å². The van der Waals surface area contributed by atoms with Crippen molar-refractivity contribution < 1.29 is 23.8 Å². The van der Waals surface area contributed by atoms with Crippen LogP contribution in [0.1, 0.15) is 45.2 Å². The molecule has 2 rings (SSSR count). The average molecular weight is 352 g/mol. The predicted octanol–water partition coefficient (Wildman–Crippen LogP) is 3.31. The molecule has 0 fully saturated rings. The van der Waals surface area contributed by atoms with Gasteiger partial charge in [0.05, 0.1) is 12.6 Å². The lowest BCUT2D eigenvalue weighted by atomic mass is 10.1. The van der Waals surface area contributed by atoms with E-state index in [1.165, 1.54) is 13.2 Å². The number of carboxylic acids is 1. The molecule has 1 aromatic carbocycles. The maximum atomic E-state index is 12.4. The van der Waals surface area contributed by atoms with E-state index in [0.717, 1.165) is 5.56 Å². The molecule has 0 aliphatic carbocycles. The van der Waals surface area contributed by atoms with Gasteiger partial charge >= 0.3 is 5.97 Å². The van der Waals surface area contributed by atoms with Crippen molar-refractivity contribution in [3.05, 3.63) is 58.0 Å². The lowest BCUT2D eigenvalue weighted by molar-refractivity contribution is 0.0694. The highest BCUT2D eigenvalue weighted by molar-refractivity contribution is 6.30. The van der Waals surface area contributed by atoms with Crippen LogP contribution in [0.5, 0.6) is 0 Å². The molecule has 0 bridgehead atoms. The van der Waals surface area contributed by atoms with Crippen molar-refractivity contribution in [2.24, 2.45) is 0 Å². The Bertz CT molecular complexity index is 723. The summed E-state index contributed by atoms with van der Waals surface area (Å²) in [7, 11) is 1.53. The van der Waals surface area contributed by atoms with E-state index >= 15 is 0 Å². The number of halogens is 1. The van der Waals surface area contributed by atoms with E-state index in [-0.39, 0.29) is 23.7 Å². The molecule has 128 valence electrons. The van der Waals surface area contributed by atoms with Crippen molar-refractivity contribution in [2.45, 2.75) is 19.4 Å². The van der Waals surface area contributed by atoms with Crippen molar-refractivity contribution in [1.29, 1.82) is 0 Å². The van der Waals surface area contributed by atoms with Crippen LogP contribution < -0.4 is 5.32 Å². The number of ether oxygens (including phenoxy) is 1. The molecule has 1 amide bonds. The Balaban J connectivity index is 2.21. The second kappa shape index (κ2) is 7.99. The number of methoxy groups -OCH3 is 1. The van der Waals surface area contributed by atoms with Gasteiger partial charge in [-0.2, -0.15) is 0 Å². The van der Waals surface area contributed by atoms with Crippen LogP contribution in [0.25, 0.3) is 0 Å². The number of amides is 1. The molecule has 1 atom stereocenters. The monoisotopic (exact) mass is 351 g/mol. The zero-order valence-electron chi connectivity index (χ0n) is 13.3. The normalized spacial score (nSPS) is 12.0. The number of carbonyl (C=O) groups is 2. The van der Waals surface area contributed by atoms with Gasteiger partial charge in [0.1, 0.15) is 11.3 Å². The number of hydrogen-bond donors (Lipinski definition) is 2. The third-order valence-corrected chi connectivity index (χ3v) is 3.75. The Labute approximate surface area is 144 Å². The summed E-state index contributed by atoms with van der Waals surface area (Å²) >= 11 is 5.87. The largest absolute Gasteiger partial charge is 0.478 e. The molecule has 0 saturated carbocycles. The summed E-state index contributed by atoms with van der Waals surface area (Å²) in [5.41, 5.74) is 0.813. The fourth-order valence-corrected chi connectivity index (χ4v) is 2.42. The van der Waals surface area contributed by atoms with Gasteiger partial charge < -0.3 is 19.6 Å². The molecule has 1 heterocycles. The highest BCUT2D eigenvalue weighted by atomic mass is 35.5. The number of carboxylic acid groups (broad SMARTS) is 1. The van der Waals surface area contributed by atoms with E-state index in [1.54, 1.807) is 31.2 Å². The summed E-state index contributed by atoms with van der Waals surface area (Å²) in [6.45, 7) is 2.01. The van der Waals surface area contributed by atoms with E-state index < -0.39 is 17.9 Å². The molecule has 0 aliphatic heterocycles. The van der Waals surface area contributed by atoms with Gasteiger partial charge in [-0.3, -0.25) is 4.79 Å². The standard InChI is InChI=1S/C17H18ClNO5/c1-3-14-12(17(21)22)8-15(24-14)16(20)19-13(9-23-2)10-4-6-11(18)7-5-10/h4-8,13H,3,9H2,1-2H3,(H,19,20)(H,21,22). The van der Waals surface area contributed by atoms with Crippen LogP contribution in [0.3, 0.4) is 0 Å². The number of aryl methyl sites for hydroxylation is 1. The Morgan fingerprint density at radius 2 is 2.00 bits per heavy atom. The zero-order chi connectivity index (χ0) is 17.7. The highest BCUT2D eigenvalue weighted by Crippen LogP contribution is 2.20. The Kier molecular flexibility index (Phi) is 6.00. The topological polar surface area (TPSA) is 88.8 Å². The van der Waals surface area contributed by atoms with E-state index in [1.807, 2.05) is 0 Å². The Hall–Kier alpha value is -2.31. The molecule has 24 heavy (non-hydrogen) atoms. The fourth-order valence-electron chi connectivity index (χ4n) is 2.30. The van der Waals surface area contributed by atoms with Gasteiger partial charge in [-0.05, 0) is 17.7 Å². The second-order valence-corrected chi connectivity index (χ2v) is 5.58. The van der Waals surface area contributed by atoms with Gasteiger partial charge in [0, 0.05) is 24.6 Å². The molecule has 0 saturated heterocycles. The first-order chi connectivity index (χ1) is 11.5. The molecule has 0 aliphatic rings. The van der Waals surface area contributed by atoms with E-state index in [4.69, 9.17) is 25.9 Å². The summed E-state index contributed by atoms with van der Waals surface area (Å²) in [6.07, 6.45) is 0.383. The summed E-state index contributed by atoms with van der Waals surface area (Å²) in [6, 6.07) is 7.83. The van der Waals surface area contributed by atoms with Crippen LogP contribution in [0.15, 0.2) is 34.7 Å². The minimum Gasteiger partial charge on any atom is -0.478 e. The molecule has 6 nitrogen and oxygen atoms in total. The minimum absolute atomic E-state index is 0.00238. The van der Waals surface area contributed by atoms with E-state index in [9.17, 15) is 9.59 Å². The smallest absolute Gasteiger partial charge is 0.339 e. The molecule has 7 heteroatoms. The number of hydrogen-bond acceptors (Lipinski definition) is 4. The van der Waals surface area contributed by atoms with Crippen LogP contribution in [0.4, 0.5) is 0 Å². The first kappa shape index (κ1) is 18.0. The maximum Gasteiger partial charge on any atom is 0.339 e. The number of furan rings is 1. The quantitative estimate of drug-likeness (QED) is 0.798. The van der Waals surface area contributed by atoms with E-state index in [2.05, 4.69) is 5.32 Å². The molecular formula is C17H18ClNO5. The molecule has 2 N–H and O–H groups in total. The predicted molar refractivity (Wildman–Crippen MR) is 88.6 cm³/mol. The van der Waals surface area contributed by atoms with Crippen LogP contribution >= 0.6 is 11.6 Å². The SMILES string of the molecule is CCc1oc(C(=O)NC(COC)c2ccc(Cl)cc2)cc1C(=O)O. The maximum absolute atomic E-state index is 12.4. The zero-order valence-corrected chi connectivity index (χ0v) is 14.1. The van der Waals surface area contributed by atoms with Gasteiger partial charge in [-0.25, -0.2) is 4.79 Å². The molecular weight excluding hydrogens is 334 g/mol. The minimum atomic E-state index is -1.12. The van der Waals surface area contributed by atoms with Gasteiger partial charge in [0.25, 0.3) is 5.91 Å². The van der Waals surface area contributed by atoms with Crippen LogP contribution in [0, 0.1) is 0 Å². The molecule has 1 aromatic heterocycles. The van der Waals surface area contributed by atoms with Gasteiger partial charge in [0.2, 0.25) is 0 Å². The number of aromatic carboxylic acids is 1. The molecule has 0 radical (unpaired) electrons. The molecule has 0 spiro atoms. The number of nitrogens with one attached hydrogen (secondary N) is 1. The Morgan fingerprint density at radius 1 is 1.33 bits per heavy atom. The van der Waals surface area contributed by atoms with Gasteiger partial charge in [-0.1, -0.05) is 30.7 Å². The first-order valence-corrected chi connectivity index (χ1v) is 7.75. The number of carbonyl (C=O) groups excluding carboxylic acids is 1. The number of benzene rings is 1. The van der Waals surface area contributed by atoms with Gasteiger partial charge in [-0.15, -0.1) is 0 Å². The van der Waals surface area contributed by atoms with E-state index in [0.29, 0.717) is 11.4 Å². The highest BCUT2D eigenvalue weighted by Gasteiger charge is 2.22. The van der Waals surface area contributed by atoms with Gasteiger partial charge in [0.15, 0.2) is 5.76 Å². The fraction of sp³-hybridized carbons (Fsp3) is 0.294. The van der Waals surface area contributed by atoms with Crippen molar-refractivity contribution in [3.63, 3.8) is 0 Å².